The number of hydrogen-bond donors (Lipinski definition) is 0. The van der Waals surface area contributed by atoms with Gasteiger partial charge in [0.2, 0.25) is 11.7 Å². The number of benzene rings is 1. The Labute approximate surface area is 180 Å². The molecule has 30 heavy (non-hydrogen) atoms. The molecule has 0 fully saturated rings. The third-order valence-electron chi connectivity index (χ3n) is 4.75. The predicted molar refractivity (Wildman–Crippen MR) is 119 cm³/mol. The number of nitrogens with zero attached hydrogens (tertiary/aromatic N) is 2. The second-order valence-electron chi connectivity index (χ2n) is 6.68. The van der Waals surface area contributed by atoms with Crippen molar-refractivity contribution < 1.29 is 19.0 Å². The Bertz CT molecular complexity index is 983. The van der Waals surface area contributed by atoms with Crippen LogP contribution in [0.5, 0.6) is 17.2 Å². The van der Waals surface area contributed by atoms with E-state index in [-0.39, 0.29) is 5.91 Å². The summed E-state index contributed by atoms with van der Waals surface area (Å²) in [4.78, 5) is 16.0. The molecule has 0 bridgehead atoms. The average Bonchev–Trinajstić information content (AvgIpc) is 3.42. The number of carbonyl (C=O) groups excluding carboxylic acids is 1. The number of rotatable bonds is 9. The summed E-state index contributed by atoms with van der Waals surface area (Å²) < 4.78 is 18.2. The van der Waals surface area contributed by atoms with Crippen molar-refractivity contribution in [3.63, 3.8) is 0 Å². The summed E-state index contributed by atoms with van der Waals surface area (Å²) >= 11 is 1.64. The first-order valence-corrected chi connectivity index (χ1v) is 10.3. The zero-order chi connectivity index (χ0) is 21.5. The number of amides is 1. The SMILES string of the molecule is COc1cc(/C=C/C(=O)N(Cc2cccs2)Cc2cccn2C)cc(OC)c1OC. The Morgan fingerprint density at radius 1 is 1.07 bits per heavy atom. The van der Waals surface area contributed by atoms with Gasteiger partial charge in [0, 0.05) is 29.9 Å². The topological polar surface area (TPSA) is 52.9 Å². The van der Waals surface area contributed by atoms with Gasteiger partial charge in [-0.25, -0.2) is 0 Å². The van der Waals surface area contributed by atoms with Crippen LogP contribution in [-0.4, -0.2) is 36.7 Å². The summed E-state index contributed by atoms with van der Waals surface area (Å²) in [6, 6.07) is 11.7. The maximum absolute atomic E-state index is 13.1. The van der Waals surface area contributed by atoms with E-state index in [0.717, 1.165) is 16.1 Å². The van der Waals surface area contributed by atoms with Crippen molar-refractivity contribution in [3.8, 4) is 17.2 Å². The van der Waals surface area contributed by atoms with E-state index in [9.17, 15) is 4.79 Å². The van der Waals surface area contributed by atoms with E-state index in [1.807, 2.05) is 64.5 Å². The molecule has 6 nitrogen and oxygen atoms in total. The average molecular weight is 427 g/mol. The van der Waals surface area contributed by atoms with Gasteiger partial charge in [-0.15, -0.1) is 11.3 Å². The van der Waals surface area contributed by atoms with Crippen molar-refractivity contribution in [3.05, 3.63) is 70.2 Å². The summed E-state index contributed by atoms with van der Waals surface area (Å²) in [7, 11) is 6.68. The van der Waals surface area contributed by atoms with Crippen molar-refractivity contribution in [2.75, 3.05) is 21.3 Å². The van der Waals surface area contributed by atoms with Crippen LogP contribution in [0.3, 0.4) is 0 Å². The lowest BCUT2D eigenvalue weighted by Crippen LogP contribution is -2.29. The number of aromatic nitrogens is 1. The summed E-state index contributed by atoms with van der Waals surface area (Å²) in [5.41, 5.74) is 1.86. The van der Waals surface area contributed by atoms with E-state index >= 15 is 0 Å². The number of ether oxygens (including phenoxy) is 3. The third-order valence-corrected chi connectivity index (χ3v) is 5.61. The van der Waals surface area contributed by atoms with Crippen LogP contribution in [0.15, 0.2) is 54.1 Å². The molecule has 0 aliphatic rings. The smallest absolute Gasteiger partial charge is 0.247 e. The summed E-state index contributed by atoms with van der Waals surface area (Å²) in [6.07, 6.45) is 5.32. The lowest BCUT2D eigenvalue weighted by molar-refractivity contribution is -0.127. The fourth-order valence-corrected chi connectivity index (χ4v) is 3.85. The standard InChI is InChI=1S/C23H26N2O4S/c1-24-11-5-7-18(24)15-25(16-19-8-6-12-30-19)22(26)10-9-17-13-20(27-2)23(29-4)21(14-17)28-3/h5-14H,15-16H2,1-4H3/b10-9+. The molecule has 0 saturated carbocycles. The largest absolute Gasteiger partial charge is 0.493 e. The maximum Gasteiger partial charge on any atom is 0.247 e. The Kier molecular flexibility index (Phi) is 7.19. The highest BCUT2D eigenvalue weighted by atomic mass is 32.1. The van der Waals surface area contributed by atoms with Crippen molar-refractivity contribution in [1.82, 2.24) is 9.47 Å². The first-order valence-electron chi connectivity index (χ1n) is 9.45. The fourth-order valence-electron chi connectivity index (χ4n) is 3.13. The second kappa shape index (κ2) is 10.0. The van der Waals surface area contributed by atoms with Crippen LogP contribution < -0.4 is 14.2 Å². The van der Waals surface area contributed by atoms with Crippen molar-refractivity contribution in [1.29, 1.82) is 0 Å². The number of methoxy groups -OCH3 is 3. The van der Waals surface area contributed by atoms with Gasteiger partial charge in [-0.3, -0.25) is 4.79 Å². The molecule has 0 saturated heterocycles. The maximum atomic E-state index is 13.1. The van der Waals surface area contributed by atoms with Gasteiger partial charge in [-0.1, -0.05) is 6.07 Å². The lowest BCUT2D eigenvalue weighted by Gasteiger charge is -2.21. The normalized spacial score (nSPS) is 10.9. The highest BCUT2D eigenvalue weighted by Gasteiger charge is 2.15. The third kappa shape index (κ3) is 5.04. The molecule has 2 heterocycles. The van der Waals surface area contributed by atoms with Gasteiger partial charge in [0.15, 0.2) is 11.5 Å². The van der Waals surface area contributed by atoms with Crippen LogP contribution in [0, 0.1) is 0 Å². The van der Waals surface area contributed by atoms with E-state index in [2.05, 4.69) is 0 Å². The van der Waals surface area contributed by atoms with Gasteiger partial charge in [0.05, 0.1) is 34.4 Å². The Morgan fingerprint density at radius 3 is 2.33 bits per heavy atom. The minimum atomic E-state index is -0.0710. The van der Waals surface area contributed by atoms with Crippen molar-refractivity contribution in [2.45, 2.75) is 13.1 Å². The van der Waals surface area contributed by atoms with Crippen molar-refractivity contribution >= 4 is 23.3 Å². The van der Waals surface area contributed by atoms with Gasteiger partial charge in [0.25, 0.3) is 0 Å². The number of aryl methyl sites for hydroxylation is 1. The van der Waals surface area contributed by atoms with E-state index in [0.29, 0.717) is 30.3 Å². The molecular weight excluding hydrogens is 400 g/mol. The highest BCUT2D eigenvalue weighted by molar-refractivity contribution is 7.09. The Balaban J connectivity index is 1.84. The van der Waals surface area contributed by atoms with Crippen LogP contribution in [0.1, 0.15) is 16.1 Å². The quantitative estimate of drug-likeness (QED) is 0.477. The number of hydrogen-bond acceptors (Lipinski definition) is 5. The fraction of sp³-hybridized carbons (Fsp3) is 0.261. The first-order chi connectivity index (χ1) is 14.5. The van der Waals surface area contributed by atoms with Gasteiger partial charge < -0.3 is 23.7 Å². The van der Waals surface area contributed by atoms with Crippen molar-refractivity contribution in [2.24, 2.45) is 7.05 Å². The molecule has 2 aromatic heterocycles. The molecule has 0 spiro atoms. The molecule has 0 radical (unpaired) electrons. The summed E-state index contributed by atoms with van der Waals surface area (Å²) in [6.45, 7) is 1.08. The van der Waals surface area contributed by atoms with Gasteiger partial charge in [-0.05, 0) is 47.4 Å². The molecule has 0 aliphatic carbocycles. The van der Waals surface area contributed by atoms with E-state index in [1.54, 1.807) is 44.8 Å². The lowest BCUT2D eigenvalue weighted by atomic mass is 10.1. The highest BCUT2D eigenvalue weighted by Crippen LogP contribution is 2.38. The van der Waals surface area contributed by atoms with Crippen LogP contribution in [0.2, 0.25) is 0 Å². The molecule has 1 amide bonds. The Morgan fingerprint density at radius 2 is 1.80 bits per heavy atom. The van der Waals surface area contributed by atoms with Crippen LogP contribution in [0.25, 0.3) is 6.08 Å². The first kappa shape index (κ1) is 21.5. The van der Waals surface area contributed by atoms with Crippen LogP contribution in [0.4, 0.5) is 0 Å². The van der Waals surface area contributed by atoms with Crippen LogP contribution in [-0.2, 0) is 24.9 Å². The molecule has 7 heteroatoms. The minimum Gasteiger partial charge on any atom is -0.493 e. The van der Waals surface area contributed by atoms with E-state index in [4.69, 9.17) is 14.2 Å². The van der Waals surface area contributed by atoms with E-state index < -0.39 is 0 Å². The molecule has 3 rings (SSSR count). The zero-order valence-corrected chi connectivity index (χ0v) is 18.4. The molecular formula is C23H26N2O4S. The summed E-state index contributed by atoms with van der Waals surface area (Å²) in [5, 5.41) is 2.02. The molecule has 0 atom stereocenters. The predicted octanol–water partition coefficient (Wildman–Crippen LogP) is 4.35. The number of thiophene rings is 1. The Hall–Kier alpha value is -3.19. The molecule has 3 aromatic rings. The monoisotopic (exact) mass is 426 g/mol. The van der Waals surface area contributed by atoms with Gasteiger partial charge in [-0.2, -0.15) is 0 Å². The molecule has 0 unspecified atom stereocenters. The molecule has 0 N–H and O–H groups in total. The molecule has 1 aromatic carbocycles. The molecule has 158 valence electrons. The molecule has 0 aliphatic heterocycles. The second-order valence-corrected chi connectivity index (χ2v) is 7.71. The van der Waals surface area contributed by atoms with Gasteiger partial charge >= 0.3 is 0 Å². The summed E-state index contributed by atoms with van der Waals surface area (Å²) in [5.74, 6) is 1.54. The number of carbonyl (C=O) groups is 1. The van der Waals surface area contributed by atoms with Gasteiger partial charge in [0.1, 0.15) is 0 Å². The zero-order valence-electron chi connectivity index (χ0n) is 17.6. The van der Waals surface area contributed by atoms with Crippen LogP contribution >= 0.6 is 11.3 Å². The van der Waals surface area contributed by atoms with E-state index in [1.165, 1.54) is 0 Å². The minimum absolute atomic E-state index is 0.0710.